The van der Waals surface area contributed by atoms with Crippen LogP contribution in [0.4, 0.5) is 18.3 Å². The van der Waals surface area contributed by atoms with Crippen LogP contribution < -0.4 is 14.2 Å². The first-order chi connectivity index (χ1) is 11.5. The number of anilines is 1. The molecule has 0 spiro atoms. The maximum Gasteiger partial charge on any atom is 0.573 e. The van der Waals surface area contributed by atoms with Crippen LogP contribution in [0.2, 0.25) is 0 Å². The number of hydrogen-bond acceptors (Lipinski definition) is 7. The average Bonchev–Trinajstić information content (AvgIpc) is 2.81. The van der Waals surface area contributed by atoms with Crippen molar-refractivity contribution in [1.82, 2.24) is 4.98 Å². The van der Waals surface area contributed by atoms with E-state index in [-0.39, 0.29) is 20.7 Å². The Labute approximate surface area is 144 Å². The quantitative estimate of drug-likeness (QED) is 0.781. The van der Waals surface area contributed by atoms with E-state index in [1.807, 2.05) is 0 Å². The van der Waals surface area contributed by atoms with Gasteiger partial charge in [-0.3, -0.25) is 9.52 Å². The van der Waals surface area contributed by atoms with E-state index in [9.17, 15) is 26.4 Å². The number of rotatable bonds is 5. The number of esters is 1. The summed E-state index contributed by atoms with van der Waals surface area (Å²) in [5.41, 5.74) is 0.0472. The van der Waals surface area contributed by atoms with Crippen LogP contribution >= 0.6 is 11.3 Å². The summed E-state index contributed by atoms with van der Waals surface area (Å²) >= 11 is 0.782. The molecule has 0 aliphatic carbocycles. The molecule has 0 atom stereocenters. The van der Waals surface area contributed by atoms with Crippen LogP contribution in [0.5, 0.6) is 10.8 Å². The molecule has 12 heteroatoms. The van der Waals surface area contributed by atoms with Crippen LogP contribution in [0.3, 0.4) is 0 Å². The predicted molar refractivity (Wildman–Crippen MR) is 82.1 cm³/mol. The van der Waals surface area contributed by atoms with Gasteiger partial charge in [0.05, 0.1) is 11.1 Å². The van der Waals surface area contributed by atoms with Gasteiger partial charge in [-0.2, -0.15) is 0 Å². The summed E-state index contributed by atoms with van der Waals surface area (Å²) in [6.07, 6.45) is -3.71. The highest BCUT2D eigenvalue weighted by Gasteiger charge is 2.31. The Morgan fingerprint density at radius 2 is 2.00 bits per heavy atom. The zero-order valence-electron chi connectivity index (χ0n) is 12.7. The fourth-order valence-electron chi connectivity index (χ4n) is 1.79. The van der Waals surface area contributed by atoms with Crippen molar-refractivity contribution in [3.8, 4) is 10.8 Å². The number of carbonyl (C=O) groups is 1. The Bertz CT molecular complexity index is 893. The Hall–Kier alpha value is -2.34. The lowest BCUT2D eigenvalue weighted by molar-refractivity contribution is -0.274. The summed E-state index contributed by atoms with van der Waals surface area (Å²) in [6, 6.07) is 2.83. The smallest absolute Gasteiger partial charge is 0.414 e. The lowest BCUT2D eigenvalue weighted by Crippen LogP contribution is -2.18. The molecule has 136 valence electrons. The molecule has 0 unspecified atom stereocenters. The predicted octanol–water partition coefficient (Wildman–Crippen LogP) is 3.08. The number of hydrogen-bond donors (Lipinski definition) is 1. The summed E-state index contributed by atoms with van der Waals surface area (Å²) in [5, 5.41) is 0.0297. The zero-order chi connectivity index (χ0) is 18.8. The highest BCUT2D eigenvalue weighted by molar-refractivity contribution is 7.93. The van der Waals surface area contributed by atoms with E-state index in [0.717, 1.165) is 35.7 Å². The maximum absolute atomic E-state index is 12.3. The molecule has 0 saturated carbocycles. The molecule has 0 aliphatic rings. The van der Waals surface area contributed by atoms with Gasteiger partial charge in [0, 0.05) is 6.92 Å². The molecule has 2 aromatic rings. The van der Waals surface area contributed by atoms with Gasteiger partial charge in [0.25, 0.3) is 10.0 Å². The average molecular weight is 396 g/mol. The first-order valence-electron chi connectivity index (χ1n) is 6.50. The standard InChI is InChI=1S/C13H11F3N2O5S2/c1-7-5-9(23-13(14,15)16)3-4-10(7)25(20,21)18-12-17-6-11(24-12)22-8(2)19/h3-6H,1-2H3,(H,17,18). The molecule has 0 amide bonds. The minimum absolute atomic E-state index is 0.0472. The molecular weight excluding hydrogens is 385 g/mol. The first kappa shape index (κ1) is 19.0. The van der Waals surface area contributed by atoms with Gasteiger partial charge in [-0.15, -0.1) is 13.2 Å². The van der Waals surface area contributed by atoms with E-state index in [2.05, 4.69) is 14.4 Å². The van der Waals surface area contributed by atoms with Gasteiger partial charge in [0.1, 0.15) is 5.75 Å². The molecular formula is C13H11F3N2O5S2. The minimum Gasteiger partial charge on any atom is -0.414 e. The van der Waals surface area contributed by atoms with Gasteiger partial charge < -0.3 is 9.47 Å². The summed E-state index contributed by atoms with van der Waals surface area (Å²) in [7, 11) is -4.10. The van der Waals surface area contributed by atoms with Crippen LogP contribution in [0, 0.1) is 6.92 Å². The van der Waals surface area contributed by atoms with E-state index in [1.54, 1.807) is 0 Å². The van der Waals surface area contributed by atoms with Gasteiger partial charge in [-0.25, -0.2) is 13.4 Å². The van der Waals surface area contributed by atoms with Gasteiger partial charge >= 0.3 is 12.3 Å². The third kappa shape index (κ3) is 5.32. The topological polar surface area (TPSA) is 94.6 Å². The fraction of sp³-hybridized carbons (Fsp3) is 0.231. The Morgan fingerprint density at radius 1 is 1.32 bits per heavy atom. The molecule has 0 radical (unpaired) electrons. The van der Waals surface area contributed by atoms with E-state index in [0.29, 0.717) is 0 Å². The number of halogens is 3. The Balaban J connectivity index is 2.21. The maximum atomic E-state index is 12.3. The molecule has 25 heavy (non-hydrogen) atoms. The minimum atomic E-state index is -4.88. The van der Waals surface area contributed by atoms with E-state index < -0.39 is 28.1 Å². The van der Waals surface area contributed by atoms with Gasteiger partial charge in [0.2, 0.25) is 5.06 Å². The number of ether oxygens (including phenoxy) is 2. The third-order valence-corrected chi connectivity index (χ3v) is 5.04. The van der Waals surface area contributed by atoms with Crippen molar-refractivity contribution in [2.24, 2.45) is 0 Å². The van der Waals surface area contributed by atoms with Crippen molar-refractivity contribution in [3.05, 3.63) is 30.0 Å². The lowest BCUT2D eigenvalue weighted by atomic mass is 10.2. The van der Waals surface area contributed by atoms with E-state index in [4.69, 9.17) is 4.74 Å². The molecule has 0 fully saturated rings. The van der Waals surface area contributed by atoms with E-state index in [1.165, 1.54) is 13.8 Å². The fourth-order valence-corrected chi connectivity index (χ4v) is 3.96. The molecule has 1 aromatic carbocycles. The molecule has 1 heterocycles. The van der Waals surface area contributed by atoms with Crippen molar-refractivity contribution in [1.29, 1.82) is 0 Å². The summed E-state index contributed by atoms with van der Waals surface area (Å²) in [4.78, 5) is 14.3. The van der Waals surface area contributed by atoms with Crippen molar-refractivity contribution < 1.29 is 35.9 Å². The summed E-state index contributed by atoms with van der Waals surface area (Å²) in [6.45, 7) is 2.50. The Morgan fingerprint density at radius 3 is 2.56 bits per heavy atom. The summed E-state index contributed by atoms with van der Waals surface area (Å²) in [5.74, 6) is -1.12. The Kier molecular flexibility index (Phi) is 5.23. The van der Waals surface area contributed by atoms with Crippen LogP contribution in [-0.2, 0) is 14.8 Å². The van der Waals surface area contributed by atoms with Crippen molar-refractivity contribution in [3.63, 3.8) is 0 Å². The van der Waals surface area contributed by atoms with Gasteiger partial charge in [-0.1, -0.05) is 11.3 Å². The van der Waals surface area contributed by atoms with Crippen LogP contribution in [-0.4, -0.2) is 25.7 Å². The number of sulfonamides is 1. The molecule has 0 bridgehead atoms. The monoisotopic (exact) mass is 396 g/mol. The highest BCUT2D eigenvalue weighted by Crippen LogP contribution is 2.30. The number of nitrogens with one attached hydrogen (secondary N) is 1. The van der Waals surface area contributed by atoms with Crippen molar-refractivity contribution in [2.45, 2.75) is 25.1 Å². The number of thiazole rings is 1. The normalized spacial score (nSPS) is 11.9. The van der Waals surface area contributed by atoms with Crippen LogP contribution in [0.25, 0.3) is 0 Å². The second-order valence-electron chi connectivity index (χ2n) is 4.66. The molecule has 0 aliphatic heterocycles. The molecule has 1 N–H and O–H groups in total. The SMILES string of the molecule is CC(=O)Oc1cnc(NS(=O)(=O)c2ccc(OC(F)(F)F)cc2C)s1. The number of alkyl halides is 3. The van der Waals surface area contributed by atoms with Crippen molar-refractivity contribution >= 4 is 32.5 Å². The largest absolute Gasteiger partial charge is 0.573 e. The number of carbonyl (C=O) groups excluding carboxylic acids is 1. The lowest BCUT2D eigenvalue weighted by Gasteiger charge is -2.12. The second kappa shape index (κ2) is 6.88. The van der Waals surface area contributed by atoms with Crippen LogP contribution in [0.1, 0.15) is 12.5 Å². The first-order valence-corrected chi connectivity index (χ1v) is 8.80. The molecule has 2 rings (SSSR count). The van der Waals surface area contributed by atoms with Gasteiger partial charge in [0.15, 0.2) is 5.13 Å². The van der Waals surface area contributed by atoms with Gasteiger partial charge in [-0.05, 0) is 30.7 Å². The number of nitrogens with zero attached hydrogens (tertiary/aromatic N) is 1. The van der Waals surface area contributed by atoms with E-state index >= 15 is 0 Å². The number of benzene rings is 1. The number of aryl methyl sites for hydroxylation is 1. The third-order valence-electron chi connectivity index (χ3n) is 2.62. The van der Waals surface area contributed by atoms with Crippen molar-refractivity contribution in [2.75, 3.05) is 4.72 Å². The second-order valence-corrected chi connectivity index (χ2v) is 7.30. The zero-order valence-corrected chi connectivity index (χ0v) is 14.4. The highest BCUT2D eigenvalue weighted by atomic mass is 32.2. The molecule has 0 saturated heterocycles. The molecule has 7 nitrogen and oxygen atoms in total. The van der Waals surface area contributed by atoms with Crippen LogP contribution in [0.15, 0.2) is 29.3 Å². The summed E-state index contributed by atoms with van der Waals surface area (Å²) < 4.78 is 71.9. The molecule has 1 aromatic heterocycles. The number of aromatic nitrogens is 1.